The summed E-state index contributed by atoms with van der Waals surface area (Å²) in [4.78, 5) is 3.90. The highest BCUT2D eigenvalue weighted by molar-refractivity contribution is 9.10. The highest BCUT2D eigenvalue weighted by Gasteiger charge is 2.17. The maximum Gasteiger partial charge on any atom is 0.141 e. The van der Waals surface area contributed by atoms with E-state index in [0.29, 0.717) is 15.9 Å². The van der Waals surface area contributed by atoms with Crippen molar-refractivity contribution in [3.8, 4) is 11.4 Å². The van der Waals surface area contributed by atoms with Gasteiger partial charge in [-0.15, -0.1) is 0 Å². The van der Waals surface area contributed by atoms with Crippen LogP contribution in [0.15, 0.2) is 29.0 Å². The zero-order valence-corrected chi connectivity index (χ0v) is 10.2. The lowest BCUT2D eigenvalue weighted by Gasteiger charge is -2.20. The Bertz CT molecular complexity index is 535. The Hall–Kier alpha value is -1.04. The van der Waals surface area contributed by atoms with Gasteiger partial charge in [0.15, 0.2) is 0 Å². The largest absolute Gasteiger partial charge is 0.291 e. The molecule has 17 heavy (non-hydrogen) atoms. The number of aromatic nitrogens is 3. The van der Waals surface area contributed by atoms with Gasteiger partial charge in [-0.2, -0.15) is 5.10 Å². The van der Waals surface area contributed by atoms with Gasteiger partial charge in [-0.25, -0.2) is 4.39 Å². The summed E-state index contributed by atoms with van der Waals surface area (Å²) in [6.07, 6.45) is 2.63. The zero-order chi connectivity index (χ0) is 12.6. The minimum absolute atomic E-state index is 0.421. The fourth-order valence-electron chi connectivity index (χ4n) is 1.24. The number of rotatable bonds is 2. The third kappa shape index (κ3) is 2.62. The summed E-state index contributed by atoms with van der Waals surface area (Å²) in [6, 6.07) is 2.78. The van der Waals surface area contributed by atoms with E-state index in [1.54, 1.807) is 0 Å². The Labute approximate surface area is 110 Å². The van der Waals surface area contributed by atoms with Crippen LogP contribution in [0, 0.1) is 5.82 Å². The predicted octanol–water partition coefficient (Wildman–Crippen LogP) is 0.920. The number of hydrogen-bond donors (Lipinski definition) is 0. The average Bonchev–Trinajstić information content (AvgIpc) is 2.61. The molecule has 0 fully saturated rings. The molecule has 8 heteroatoms. The Kier molecular flexibility index (Phi) is 3.16. The molecule has 3 nitrogen and oxygen atoms in total. The Morgan fingerprint density at radius 1 is 1.29 bits per heavy atom. The van der Waals surface area contributed by atoms with Crippen LogP contribution in [0.25, 0.3) is 11.4 Å². The Balaban J connectivity index is 2.46. The third-order valence-corrected chi connectivity index (χ3v) is 2.62. The van der Waals surface area contributed by atoms with E-state index in [0.717, 1.165) is 6.20 Å². The van der Waals surface area contributed by atoms with Crippen molar-refractivity contribution in [2.45, 2.75) is 5.24 Å². The van der Waals surface area contributed by atoms with Crippen molar-refractivity contribution in [3.05, 3.63) is 34.8 Å². The zero-order valence-electron chi connectivity index (χ0n) is 8.64. The van der Waals surface area contributed by atoms with Crippen LogP contribution in [0.4, 0.5) is 4.39 Å². The standard InChI is InChI=1S/C9H4B3BrFN3/c10-9(11,12)17-4-6(13)8(16-17)7-2-1-5(14)3-15-7/h1-4H. The second kappa shape index (κ2) is 4.33. The maximum absolute atomic E-state index is 12.7. The highest BCUT2D eigenvalue weighted by atomic mass is 79.9. The van der Waals surface area contributed by atoms with Gasteiger partial charge < -0.3 is 0 Å². The predicted molar refractivity (Wildman–Crippen MR) is 68.4 cm³/mol. The minimum Gasteiger partial charge on any atom is -0.291 e. The van der Waals surface area contributed by atoms with Gasteiger partial charge in [-0.1, -0.05) is 0 Å². The van der Waals surface area contributed by atoms with Crippen LogP contribution in [-0.2, 0) is 5.24 Å². The monoisotopic (exact) mass is 285 g/mol. The van der Waals surface area contributed by atoms with Crippen LogP contribution in [0.3, 0.4) is 0 Å². The molecule has 0 unspecified atom stereocenters. The number of nitrogens with zero attached hydrogens (tertiary/aromatic N) is 3. The Morgan fingerprint density at radius 3 is 2.47 bits per heavy atom. The average molecular weight is 285 g/mol. The van der Waals surface area contributed by atoms with Gasteiger partial charge in [-0.05, 0) is 33.3 Å². The van der Waals surface area contributed by atoms with E-state index in [-0.39, 0.29) is 0 Å². The smallest absolute Gasteiger partial charge is 0.141 e. The van der Waals surface area contributed by atoms with Crippen molar-refractivity contribution in [2.75, 3.05) is 0 Å². The molecule has 0 aliphatic carbocycles. The fraction of sp³-hybridized carbons (Fsp3) is 0.111. The van der Waals surface area contributed by atoms with Crippen LogP contribution in [-0.4, -0.2) is 38.3 Å². The summed E-state index contributed by atoms with van der Waals surface area (Å²) >= 11 is 3.28. The van der Waals surface area contributed by atoms with Crippen molar-refractivity contribution in [2.24, 2.45) is 0 Å². The molecule has 0 atom stereocenters. The summed E-state index contributed by atoms with van der Waals surface area (Å²) in [7, 11) is 16.5. The number of halogens is 2. The van der Waals surface area contributed by atoms with Crippen LogP contribution in [0.1, 0.15) is 0 Å². The molecule has 2 aromatic heterocycles. The van der Waals surface area contributed by atoms with Crippen molar-refractivity contribution < 1.29 is 4.39 Å². The van der Waals surface area contributed by atoms with E-state index >= 15 is 0 Å². The van der Waals surface area contributed by atoms with Gasteiger partial charge >= 0.3 is 0 Å². The second-order valence-corrected chi connectivity index (χ2v) is 4.37. The SMILES string of the molecule is [B]C([B])([B])n1cc(Br)c(-c2ccc(F)cn2)n1. The van der Waals surface area contributed by atoms with E-state index in [2.05, 4.69) is 26.0 Å². The molecule has 2 aromatic rings. The maximum atomic E-state index is 12.7. The molecule has 0 saturated carbocycles. The van der Waals surface area contributed by atoms with Gasteiger partial charge in [-0.3, -0.25) is 9.67 Å². The molecule has 0 amide bonds. The molecule has 0 aliphatic rings. The van der Waals surface area contributed by atoms with Crippen LogP contribution in [0.2, 0.25) is 0 Å². The van der Waals surface area contributed by atoms with Crippen molar-refractivity contribution >= 4 is 39.5 Å². The molecule has 78 valence electrons. The number of pyridine rings is 1. The molecule has 0 bridgehead atoms. The molecular formula is C9H4B3BrFN3. The summed E-state index contributed by atoms with van der Waals surface area (Å²) in [5.74, 6) is -0.421. The molecule has 2 rings (SSSR count). The summed E-state index contributed by atoms with van der Waals surface area (Å²) in [5.41, 5.74) is 0.969. The lowest BCUT2D eigenvalue weighted by Crippen LogP contribution is -2.35. The molecule has 0 saturated heterocycles. The van der Waals surface area contributed by atoms with E-state index < -0.39 is 11.1 Å². The molecular weight excluding hydrogens is 281 g/mol. The quantitative estimate of drug-likeness (QED) is 0.768. The Morgan fingerprint density at radius 2 is 2.00 bits per heavy atom. The lowest BCUT2D eigenvalue weighted by atomic mass is 9.49. The van der Waals surface area contributed by atoms with Crippen LogP contribution >= 0.6 is 15.9 Å². The van der Waals surface area contributed by atoms with E-state index in [1.165, 1.54) is 23.0 Å². The van der Waals surface area contributed by atoms with Gasteiger partial charge in [0.2, 0.25) is 0 Å². The van der Waals surface area contributed by atoms with Gasteiger partial charge in [0.1, 0.15) is 11.5 Å². The first kappa shape index (κ1) is 12.4. The summed E-state index contributed by atoms with van der Waals surface area (Å²) in [6.45, 7) is 0. The fourth-order valence-corrected chi connectivity index (χ4v) is 1.72. The van der Waals surface area contributed by atoms with Gasteiger partial charge in [0.05, 0.1) is 39.9 Å². The molecule has 0 N–H and O–H groups in total. The lowest BCUT2D eigenvalue weighted by molar-refractivity contribution is 0.621. The van der Waals surface area contributed by atoms with Crippen LogP contribution < -0.4 is 0 Å². The summed E-state index contributed by atoms with van der Waals surface area (Å²) < 4.78 is 14.5. The number of hydrogen-bond acceptors (Lipinski definition) is 2. The molecule has 6 radical (unpaired) electrons. The first-order valence-electron chi connectivity index (χ1n) is 4.62. The topological polar surface area (TPSA) is 30.7 Å². The van der Waals surface area contributed by atoms with Crippen molar-refractivity contribution in [3.63, 3.8) is 0 Å². The second-order valence-electron chi connectivity index (χ2n) is 3.52. The van der Waals surface area contributed by atoms with E-state index in [4.69, 9.17) is 23.5 Å². The van der Waals surface area contributed by atoms with Crippen LogP contribution in [0.5, 0.6) is 0 Å². The first-order valence-corrected chi connectivity index (χ1v) is 5.41. The first-order chi connectivity index (χ1) is 7.88. The minimum atomic E-state index is -1.60. The van der Waals surface area contributed by atoms with Gasteiger partial charge in [0, 0.05) is 6.20 Å². The van der Waals surface area contributed by atoms with Crippen molar-refractivity contribution in [1.82, 2.24) is 14.8 Å². The van der Waals surface area contributed by atoms with E-state index in [9.17, 15) is 4.39 Å². The molecule has 0 aromatic carbocycles. The van der Waals surface area contributed by atoms with Crippen molar-refractivity contribution in [1.29, 1.82) is 0 Å². The molecule has 2 heterocycles. The molecule has 0 spiro atoms. The van der Waals surface area contributed by atoms with Gasteiger partial charge in [0.25, 0.3) is 0 Å². The van der Waals surface area contributed by atoms with E-state index in [1.807, 2.05) is 0 Å². The normalized spacial score (nSPS) is 11.6. The third-order valence-electron chi connectivity index (χ3n) is 2.04. The highest BCUT2D eigenvalue weighted by Crippen LogP contribution is 2.26. The molecule has 0 aliphatic heterocycles. The summed E-state index contributed by atoms with van der Waals surface area (Å²) in [5, 5.41) is 2.49.